The van der Waals surface area contributed by atoms with Gasteiger partial charge in [0.2, 0.25) is 0 Å². The van der Waals surface area contributed by atoms with Crippen LogP contribution in [0.2, 0.25) is 5.02 Å². The van der Waals surface area contributed by atoms with Crippen molar-refractivity contribution in [2.45, 2.75) is 13.3 Å². The van der Waals surface area contributed by atoms with Crippen molar-refractivity contribution in [1.82, 2.24) is 0 Å². The third-order valence-corrected chi connectivity index (χ3v) is 3.15. The van der Waals surface area contributed by atoms with Gasteiger partial charge in [0, 0.05) is 9.50 Å². The van der Waals surface area contributed by atoms with Gasteiger partial charge < -0.3 is 4.74 Å². The highest BCUT2D eigenvalue weighted by atomic mass is 79.9. The lowest BCUT2D eigenvalue weighted by Crippen LogP contribution is -2.15. The average Bonchev–Trinajstić information content (AvgIpc) is 2.22. The van der Waals surface area contributed by atoms with Gasteiger partial charge in [0.05, 0.1) is 13.0 Å². The van der Waals surface area contributed by atoms with Crippen molar-refractivity contribution in [2.24, 2.45) is 5.92 Å². The first-order valence-corrected chi connectivity index (χ1v) is 5.73. The van der Waals surface area contributed by atoms with E-state index < -0.39 is 0 Å². The number of methoxy groups -OCH3 is 1. The van der Waals surface area contributed by atoms with E-state index in [-0.39, 0.29) is 11.9 Å². The minimum atomic E-state index is -0.207. The van der Waals surface area contributed by atoms with Crippen molar-refractivity contribution in [3.8, 4) is 0 Å². The normalized spacial score (nSPS) is 12.3. The number of esters is 1. The monoisotopic (exact) mass is 290 g/mol. The van der Waals surface area contributed by atoms with Crippen LogP contribution in [-0.2, 0) is 16.0 Å². The van der Waals surface area contributed by atoms with Crippen LogP contribution in [0.15, 0.2) is 22.7 Å². The molecule has 0 saturated carbocycles. The fourth-order valence-corrected chi connectivity index (χ4v) is 1.92. The van der Waals surface area contributed by atoms with Gasteiger partial charge in [-0.25, -0.2) is 0 Å². The standard InChI is InChI=1S/C11H12BrClO2/c1-7(11(14)15-2)5-8-6-9(13)3-4-10(8)12/h3-4,6-7H,5H2,1-2H3. The van der Waals surface area contributed by atoms with Crippen molar-refractivity contribution in [3.63, 3.8) is 0 Å². The van der Waals surface area contributed by atoms with E-state index in [2.05, 4.69) is 20.7 Å². The first-order chi connectivity index (χ1) is 7.04. The van der Waals surface area contributed by atoms with Crippen LogP contribution in [0.3, 0.4) is 0 Å². The van der Waals surface area contributed by atoms with Crippen molar-refractivity contribution in [1.29, 1.82) is 0 Å². The third-order valence-electron chi connectivity index (χ3n) is 2.14. The average molecular weight is 292 g/mol. The molecule has 1 atom stereocenters. The van der Waals surface area contributed by atoms with Crippen molar-refractivity contribution in [2.75, 3.05) is 7.11 Å². The van der Waals surface area contributed by atoms with E-state index >= 15 is 0 Å². The molecule has 2 nitrogen and oxygen atoms in total. The molecular formula is C11H12BrClO2. The van der Waals surface area contributed by atoms with Crippen LogP contribution in [0.5, 0.6) is 0 Å². The summed E-state index contributed by atoms with van der Waals surface area (Å²) in [6.07, 6.45) is 0.619. The zero-order valence-electron chi connectivity index (χ0n) is 8.59. The van der Waals surface area contributed by atoms with Crippen LogP contribution in [0, 0.1) is 5.92 Å². The maximum Gasteiger partial charge on any atom is 0.308 e. The van der Waals surface area contributed by atoms with E-state index in [1.807, 2.05) is 19.1 Å². The summed E-state index contributed by atoms with van der Waals surface area (Å²) in [6, 6.07) is 5.53. The van der Waals surface area contributed by atoms with E-state index in [9.17, 15) is 4.79 Å². The van der Waals surface area contributed by atoms with Crippen molar-refractivity contribution < 1.29 is 9.53 Å². The van der Waals surface area contributed by atoms with Crippen LogP contribution in [0.25, 0.3) is 0 Å². The Labute approximate surface area is 103 Å². The molecule has 0 spiro atoms. The number of benzene rings is 1. The number of rotatable bonds is 3. The second-order valence-corrected chi connectivity index (χ2v) is 4.65. The number of halogens is 2. The van der Waals surface area contributed by atoms with E-state index in [1.54, 1.807) is 6.07 Å². The van der Waals surface area contributed by atoms with E-state index in [1.165, 1.54) is 7.11 Å². The van der Waals surface area contributed by atoms with Gasteiger partial charge in [-0.05, 0) is 30.2 Å². The molecule has 0 saturated heterocycles. The van der Waals surface area contributed by atoms with E-state index in [4.69, 9.17) is 11.6 Å². The molecule has 0 aromatic heterocycles. The first kappa shape index (κ1) is 12.5. The Bertz CT molecular complexity index is 366. The Balaban J connectivity index is 2.80. The van der Waals surface area contributed by atoms with Gasteiger partial charge >= 0.3 is 5.97 Å². The Hall–Kier alpha value is -0.540. The van der Waals surface area contributed by atoms with Gasteiger partial charge in [0.25, 0.3) is 0 Å². The molecule has 0 radical (unpaired) electrons. The highest BCUT2D eigenvalue weighted by Gasteiger charge is 2.15. The lowest BCUT2D eigenvalue weighted by Gasteiger charge is -2.10. The van der Waals surface area contributed by atoms with Gasteiger partial charge in [0.1, 0.15) is 0 Å². The summed E-state index contributed by atoms with van der Waals surface area (Å²) in [5.41, 5.74) is 1.01. The number of ether oxygens (including phenoxy) is 1. The predicted octanol–water partition coefficient (Wildman–Crippen LogP) is 3.45. The van der Waals surface area contributed by atoms with Gasteiger partial charge in [-0.3, -0.25) is 4.79 Å². The maximum atomic E-state index is 11.2. The molecule has 0 bridgehead atoms. The van der Waals surface area contributed by atoms with E-state index in [0.717, 1.165) is 10.0 Å². The van der Waals surface area contributed by atoms with Gasteiger partial charge in [-0.15, -0.1) is 0 Å². The minimum Gasteiger partial charge on any atom is -0.469 e. The molecule has 1 unspecified atom stereocenters. The van der Waals surface area contributed by atoms with Crippen molar-refractivity contribution in [3.05, 3.63) is 33.3 Å². The molecule has 4 heteroatoms. The lowest BCUT2D eigenvalue weighted by molar-refractivity contribution is -0.144. The summed E-state index contributed by atoms with van der Waals surface area (Å²) in [5.74, 6) is -0.369. The molecule has 15 heavy (non-hydrogen) atoms. The third kappa shape index (κ3) is 3.50. The van der Waals surface area contributed by atoms with E-state index in [0.29, 0.717) is 11.4 Å². The highest BCUT2D eigenvalue weighted by Crippen LogP contribution is 2.23. The number of carbonyl (C=O) groups excluding carboxylic acids is 1. The fraction of sp³-hybridized carbons (Fsp3) is 0.364. The molecule has 0 N–H and O–H groups in total. The van der Waals surface area contributed by atoms with Gasteiger partial charge in [-0.2, -0.15) is 0 Å². The first-order valence-electron chi connectivity index (χ1n) is 4.56. The SMILES string of the molecule is COC(=O)C(C)Cc1cc(Cl)ccc1Br. The second kappa shape index (κ2) is 5.52. The molecule has 1 rings (SSSR count). The summed E-state index contributed by atoms with van der Waals surface area (Å²) in [5, 5.41) is 0.672. The van der Waals surface area contributed by atoms with Crippen LogP contribution >= 0.6 is 27.5 Å². The zero-order chi connectivity index (χ0) is 11.4. The van der Waals surface area contributed by atoms with Crippen molar-refractivity contribution >= 4 is 33.5 Å². The molecule has 0 amide bonds. The van der Waals surface area contributed by atoms with Crippen LogP contribution in [0.4, 0.5) is 0 Å². The molecule has 0 heterocycles. The molecule has 82 valence electrons. The lowest BCUT2D eigenvalue weighted by atomic mass is 10.0. The molecule has 1 aromatic carbocycles. The number of carbonyl (C=O) groups is 1. The Kier molecular flexibility index (Phi) is 4.61. The summed E-state index contributed by atoms with van der Waals surface area (Å²) in [6.45, 7) is 1.83. The fourth-order valence-electron chi connectivity index (χ4n) is 1.31. The van der Waals surface area contributed by atoms with Crippen LogP contribution in [-0.4, -0.2) is 13.1 Å². The Morgan fingerprint density at radius 2 is 2.27 bits per heavy atom. The molecule has 0 aliphatic carbocycles. The second-order valence-electron chi connectivity index (χ2n) is 3.36. The summed E-state index contributed by atoms with van der Waals surface area (Å²) in [7, 11) is 1.39. The number of hydrogen-bond donors (Lipinski definition) is 0. The predicted molar refractivity (Wildman–Crippen MR) is 64.0 cm³/mol. The van der Waals surface area contributed by atoms with Crippen LogP contribution < -0.4 is 0 Å². The topological polar surface area (TPSA) is 26.3 Å². The summed E-state index contributed by atoms with van der Waals surface area (Å²) < 4.78 is 5.63. The van der Waals surface area contributed by atoms with Gasteiger partial charge in [0.15, 0.2) is 0 Å². The quantitative estimate of drug-likeness (QED) is 0.797. The minimum absolute atomic E-state index is 0.162. The Morgan fingerprint density at radius 1 is 1.60 bits per heavy atom. The summed E-state index contributed by atoms with van der Waals surface area (Å²) >= 11 is 9.30. The van der Waals surface area contributed by atoms with Gasteiger partial charge in [-0.1, -0.05) is 34.5 Å². The summed E-state index contributed by atoms with van der Waals surface area (Å²) in [4.78, 5) is 11.2. The molecule has 0 fully saturated rings. The zero-order valence-corrected chi connectivity index (χ0v) is 10.9. The highest BCUT2D eigenvalue weighted by molar-refractivity contribution is 9.10. The maximum absolute atomic E-state index is 11.2. The smallest absolute Gasteiger partial charge is 0.308 e. The molecular weight excluding hydrogens is 279 g/mol. The molecule has 1 aromatic rings. The Morgan fingerprint density at radius 3 is 2.87 bits per heavy atom. The number of hydrogen-bond acceptors (Lipinski definition) is 2. The largest absolute Gasteiger partial charge is 0.469 e. The van der Waals surface area contributed by atoms with Crippen LogP contribution in [0.1, 0.15) is 12.5 Å². The molecule has 0 aliphatic rings. The molecule has 0 aliphatic heterocycles.